The number of thiophene rings is 1. The lowest BCUT2D eigenvalue weighted by atomic mass is 10.2. The van der Waals surface area contributed by atoms with Gasteiger partial charge in [0.1, 0.15) is 0 Å². The van der Waals surface area contributed by atoms with Gasteiger partial charge < -0.3 is 9.47 Å². The van der Waals surface area contributed by atoms with Gasteiger partial charge in [0.2, 0.25) is 11.8 Å². The third-order valence-electron chi connectivity index (χ3n) is 3.48. The van der Waals surface area contributed by atoms with Crippen molar-refractivity contribution in [1.29, 1.82) is 0 Å². The van der Waals surface area contributed by atoms with E-state index >= 15 is 0 Å². The SMILES string of the molecule is CC(C)COc1cc(C(=O)Nc2nccs2)cc(OCCc2ccsc2)n1. The van der Waals surface area contributed by atoms with E-state index in [1.807, 2.05) is 5.38 Å². The van der Waals surface area contributed by atoms with Crippen LogP contribution in [0.25, 0.3) is 0 Å². The maximum Gasteiger partial charge on any atom is 0.257 e. The molecule has 27 heavy (non-hydrogen) atoms. The Hall–Kier alpha value is -2.45. The maximum absolute atomic E-state index is 12.5. The number of hydrogen-bond acceptors (Lipinski definition) is 7. The second-order valence-corrected chi connectivity index (χ2v) is 7.93. The molecule has 0 aliphatic rings. The molecule has 0 aromatic carbocycles. The molecule has 3 heterocycles. The van der Waals surface area contributed by atoms with E-state index in [1.165, 1.54) is 16.9 Å². The number of carbonyl (C=O) groups is 1. The molecule has 0 atom stereocenters. The van der Waals surface area contributed by atoms with Crippen molar-refractivity contribution in [2.45, 2.75) is 20.3 Å². The Labute approximate surface area is 166 Å². The predicted molar refractivity (Wildman–Crippen MR) is 108 cm³/mol. The Bertz CT molecular complexity index is 849. The zero-order chi connectivity index (χ0) is 19.1. The number of anilines is 1. The number of nitrogens with zero attached hydrogens (tertiary/aromatic N) is 2. The monoisotopic (exact) mass is 403 g/mol. The van der Waals surface area contributed by atoms with Gasteiger partial charge in [0, 0.05) is 30.1 Å². The normalized spacial score (nSPS) is 10.8. The average molecular weight is 404 g/mol. The van der Waals surface area contributed by atoms with E-state index in [4.69, 9.17) is 9.47 Å². The van der Waals surface area contributed by atoms with E-state index in [9.17, 15) is 4.79 Å². The molecule has 0 spiro atoms. The third kappa shape index (κ3) is 6.04. The van der Waals surface area contributed by atoms with Gasteiger partial charge in [-0.25, -0.2) is 4.98 Å². The molecule has 0 radical (unpaired) electrons. The van der Waals surface area contributed by atoms with Gasteiger partial charge in [-0.15, -0.1) is 11.3 Å². The fourth-order valence-electron chi connectivity index (χ4n) is 2.17. The first-order valence-electron chi connectivity index (χ1n) is 8.60. The third-order valence-corrected chi connectivity index (χ3v) is 4.90. The molecule has 142 valence electrons. The number of nitrogens with one attached hydrogen (secondary N) is 1. The number of pyridine rings is 1. The van der Waals surface area contributed by atoms with Gasteiger partial charge in [-0.05, 0) is 28.3 Å². The number of thiazole rings is 1. The number of amides is 1. The highest BCUT2D eigenvalue weighted by Crippen LogP contribution is 2.21. The largest absolute Gasteiger partial charge is 0.477 e. The summed E-state index contributed by atoms with van der Waals surface area (Å²) in [4.78, 5) is 21.0. The summed E-state index contributed by atoms with van der Waals surface area (Å²) in [5.41, 5.74) is 1.64. The van der Waals surface area contributed by atoms with Crippen LogP contribution >= 0.6 is 22.7 Å². The summed E-state index contributed by atoms with van der Waals surface area (Å²) in [6.45, 7) is 5.10. The fourth-order valence-corrected chi connectivity index (χ4v) is 3.40. The molecule has 3 aromatic rings. The van der Waals surface area contributed by atoms with Gasteiger partial charge in [0.15, 0.2) is 5.13 Å². The van der Waals surface area contributed by atoms with Crippen LogP contribution in [0.3, 0.4) is 0 Å². The molecular formula is C19H21N3O3S2. The number of carbonyl (C=O) groups excluding carboxylic acids is 1. The smallest absolute Gasteiger partial charge is 0.257 e. The van der Waals surface area contributed by atoms with Gasteiger partial charge in [0.05, 0.1) is 18.8 Å². The highest BCUT2D eigenvalue weighted by molar-refractivity contribution is 7.13. The maximum atomic E-state index is 12.5. The highest BCUT2D eigenvalue weighted by atomic mass is 32.1. The first-order valence-corrected chi connectivity index (χ1v) is 10.4. The van der Waals surface area contributed by atoms with E-state index in [2.05, 4.69) is 40.6 Å². The highest BCUT2D eigenvalue weighted by Gasteiger charge is 2.13. The minimum atomic E-state index is -0.274. The van der Waals surface area contributed by atoms with E-state index in [0.29, 0.717) is 41.6 Å². The Morgan fingerprint density at radius 1 is 1.22 bits per heavy atom. The van der Waals surface area contributed by atoms with Gasteiger partial charge in [0.25, 0.3) is 5.91 Å². The van der Waals surface area contributed by atoms with Crippen molar-refractivity contribution in [2.24, 2.45) is 5.92 Å². The van der Waals surface area contributed by atoms with E-state index < -0.39 is 0 Å². The van der Waals surface area contributed by atoms with Crippen LogP contribution in [0.15, 0.2) is 40.5 Å². The molecule has 1 N–H and O–H groups in total. The lowest BCUT2D eigenvalue weighted by molar-refractivity contribution is 0.102. The summed E-state index contributed by atoms with van der Waals surface area (Å²) < 4.78 is 11.5. The van der Waals surface area contributed by atoms with Crippen LogP contribution in [0.4, 0.5) is 5.13 Å². The standard InChI is InChI=1S/C19H21N3O3S2/c1-13(2)11-25-17-10-15(18(23)22-19-20-5-8-27-19)9-16(21-17)24-6-3-14-4-7-26-12-14/h4-5,7-10,12-13H,3,6,11H2,1-2H3,(H,20,22,23). The Kier molecular flexibility index (Phi) is 6.78. The van der Waals surface area contributed by atoms with Crippen LogP contribution in [0.5, 0.6) is 11.8 Å². The summed E-state index contributed by atoms with van der Waals surface area (Å²) in [6, 6.07) is 5.31. The van der Waals surface area contributed by atoms with E-state index in [-0.39, 0.29) is 5.91 Å². The van der Waals surface area contributed by atoms with Crippen molar-refractivity contribution < 1.29 is 14.3 Å². The molecule has 3 aromatic heterocycles. The van der Waals surface area contributed by atoms with Crippen molar-refractivity contribution in [2.75, 3.05) is 18.5 Å². The van der Waals surface area contributed by atoms with Crippen LogP contribution in [0, 0.1) is 5.92 Å². The van der Waals surface area contributed by atoms with Crippen LogP contribution in [0.2, 0.25) is 0 Å². The summed E-state index contributed by atoms with van der Waals surface area (Å²) in [6.07, 6.45) is 2.42. The summed E-state index contributed by atoms with van der Waals surface area (Å²) in [5.74, 6) is 0.823. The fraction of sp³-hybridized carbons (Fsp3) is 0.316. The summed E-state index contributed by atoms with van der Waals surface area (Å²) in [7, 11) is 0. The molecule has 0 aliphatic carbocycles. The zero-order valence-corrected chi connectivity index (χ0v) is 16.8. The number of rotatable bonds is 9. The van der Waals surface area contributed by atoms with Gasteiger partial charge >= 0.3 is 0 Å². The van der Waals surface area contributed by atoms with Crippen molar-refractivity contribution in [3.05, 3.63) is 51.7 Å². The molecule has 3 rings (SSSR count). The Balaban J connectivity index is 1.71. The second kappa shape index (κ2) is 9.48. The van der Waals surface area contributed by atoms with Crippen molar-refractivity contribution in [3.63, 3.8) is 0 Å². The molecule has 0 unspecified atom stereocenters. The van der Waals surface area contributed by atoms with Crippen molar-refractivity contribution in [3.8, 4) is 11.8 Å². The Morgan fingerprint density at radius 3 is 2.70 bits per heavy atom. The lowest BCUT2D eigenvalue weighted by Gasteiger charge is -2.12. The van der Waals surface area contributed by atoms with E-state index in [1.54, 1.807) is 35.0 Å². The van der Waals surface area contributed by atoms with Crippen molar-refractivity contribution in [1.82, 2.24) is 9.97 Å². The van der Waals surface area contributed by atoms with Crippen LogP contribution in [-0.2, 0) is 6.42 Å². The summed E-state index contributed by atoms with van der Waals surface area (Å²) >= 11 is 3.02. The van der Waals surface area contributed by atoms with Crippen LogP contribution in [-0.4, -0.2) is 29.1 Å². The van der Waals surface area contributed by atoms with Gasteiger partial charge in [-0.2, -0.15) is 16.3 Å². The Morgan fingerprint density at radius 2 is 2.04 bits per heavy atom. The van der Waals surface area contributed by atoms with Crippen LogP contribution < -0.4 is 14.8 Å². The molecule has 0 aliphatic heterocycles. The molecule has 0 fully saturated rings. The molecule has 8 heteroatoms. The minimum Gasteiger partial charge on any atom is -0.477 e. The molecule has 0 bridgehead atoms. The van der Waals surface area contributed by atoms with E-state index in [0.717, 1.165) is 6.42 Å². The lowest BCUT2D eigenvalue weighted by Crippen LogP contribution is -2.14. The molecular weight excluding hydrogens is 382 g/mol. The summed E-state index contributed by atoms with van der Waals surface area (Å²) in [5, 5.41) is 9.24. The first-order chi connectivity index (χ1) is 13.1. The first kappa shape index (κ1) is 19.3. The number of ether oxygens (including phenoxy) is 2. The number of hydrogen-bond donors (Lipinski definition) is 1. The van der Waals surface area contributed by atoms with Gasteiger partial charge in [-0.3, -0.25) is 10.1 Å². The van der Waals surface area contributed by atoms with Gasteiger partial charge in [-0.1, -0.05) is 13.8 Å². The molecule has 0 saturated carbocycles. The van der Waals surface area contributed by atoms with Crippen LogP contribution in [0.1, 0.15) is 29.8 Å². The molecule has 6 nitrogen and oxygen atoms in total. The molecule has 0 saturated heterocycles. The average Bonchev–Trinajstić information content (AvgIpc) is 3.34. The topological polar surface area (TPSA) is 73.3 Å². The molecule has 1 amide bonds. The zero-order valence-electron chi connectivity index (χ0n) is 15.2. The minimum absolute atomic E-state index is 0.274. The second-order valence-electron chi connectivity index (χ2n) is 6.26. The predicted octanol–water partition coefficient (Wildman–Crippen LogP) is 4.51. The quantitative estimate of drug-likeness (QED) is 0.569. The van der Waals surface area contributed by atoms with Crippen molar-refractivity contribution >= 4 is 33.7 Å². The number of aromatic nitrogens is 2.